The normalized spacial score (nSPS) is 15.5. The van der Waals surface area contributed by atoms with E-state index in [9.17, 15) is 14.4 Å². The zero-order valence-electron chi connectivity index (χ0n) is 15.6. The first-order valence-electron chi connectivity index (χ1n) is 8.53. The maximum atomic E-state index is 11.4. The molecule has 0 radical (unpaired) electrons. The van der Waals surface area contributed by atoms with E-state index in [1.807, 2.05) is 19.1 Å². The number of rotatable bonds is 7. The average molecular weight is 349 g/mol. The van der Waals surface area contributed by atoms with Crippen molar-refractivity contribution in [1.82, 2.24) is 16.0 Å². The zero-order valence-corrected chi connectivity index (χ0v) is 15.6. The van der Waals surface area contributed by atoms with Gasteiger partial charge in [-0.25, -0.2) is 0 Å². The second-order valence-electron chi connectivity index (χ2n) is 5.90. The lowest BCUT2D eigenvalue weighted by Gasteiger charge is -2.22. The fourth-order valence-electron chi connectivity index (χ4n) is 2.20. The van der Waals surface area contributed by atoms with E-state index in [0.29, 0.717) is 12.5 Å². The molecule has 1 rings (SSSR count). The molecule has 1 aliphatic rings. The number of Topliss-reactive ketones (excluding diaryl/α,β-unsaturated/α-hetero) is 1. The standard InChI is InChI=1S/C12H17NO2.C7H14N2O/c1-5-7-8-11(10(4)14)13-12(15)9(3)6-2;1-6(10)9-7-2-4-8-5-3-7/h5-7,11H,2-3,8H2,1,4H3,(H,13,15);7-8H,2-5H2,1H3,(H,9,10)/b7-5-;. The lowest BCUT2D eigenvalue weighted by atomic mass is 10.1. The van der Waals surface area contributed by atoms with Crippen molar-refractivity contribution in [1.29, 1.82) is 0 Å². The molecule has 0 spiro atoms. The van der Waals surface area contributed by atoms with Gasteiger partial charge in [0, 0.05) is 18.5 Å². The molecule has 25 heavy (non-hydrogen) atoms. The highest BCUT2D eigenvalue weighted by molar-refractivity contribution is 5.98. The van der Waals surface area contributed by atoms with Crippen LogP contribution in [0, 0.1) is 0 Å². The van der Waals surface area contributed by atoms with Crippen LogP contribution in [0.5, 0.6) is 0 Å². The van der Waals surface area contributed by atoms with Crippen molar-refractivity contribution in [3.05, 3.63) is 37.0 Å². The molecule has 6 heteroatoms. The van der Waals surface area contributed by atoms with Crippen molar-refractivity contribution >= 4 is 17.6 Å². The number of ketones is 1. The van der Waals surface area contributed by atoms with Gasteiger partial charge in [0.25, 0.3) is 5.91 Å². The number of hydrogen-bond donors (Lipinski definition) is 3. The number of carbonyl (C=O) groups is 3. The molecule has 0 aromatic carbocycles. The molecule has 140 valence electrons. The summed E-state index contributed by atoms with van der Waals surface area (Å²) >= 11 is 0. The second-order valence-corrected chi connectivity index (χ2v) is 5.90. The minimum atomic E-state index is -0.481. The van der Waals surface area contributed by atoms with Gasteiger partial charge in [0.15, 0.2) is 5.78 Å². The van der Waals surface area contributed by atoms with E-state index in [1.165, 1.54) is 13.0 Å². The summed E-state index contributed by atoms with van der Waals surface area (Å²) in [5.41, 5.74) is 0.265. The lowest BCUT2D eigenvalue weighted by Crippen LogP contribution is -2.41. The average Bonchev–Trinajstić information content (AvgIpc) is 2.58. The van der Waals surface area contributed by atoms with Crippen LogP contribution in [-0.2, 0) is 14.4 Å². The molecule has 1 saturated heterocycles. The molecule has 3 N–H and O–H groups in total. The van der Waals surface area contributed by atoms with Gasteiger partial charge in [-0.3, -0.25) is 14.4 Å². The number of nitrogens with one attached hydrogen (secondary N) is 3. The quantitative estimate of drug-likeness (QED) is 0.370. The van der Waals surface area contributed by atoms with Crippen molar-refractivity contribution in [3.63, 3.8) is 0 Å². The predicted molar refractivity (Wildman–Crippen MR) is 101 cm³/mol. The first kappa shape index (κ1) is 22.8. The number of carbonyl (C=O) groups excluding carboxylic acids is 3. The molecule has 2 amide bonds. The molecule has 0 aromatic heterocycles. The Morgan fingerprint density at radius 3 is 2.28 bits per heavy atom. The Morgan fingerprint density at radius 2 is 1.84 bits per heavy atom. The Labute approximate surface area is 150 Å². The molecule has 0 aromatic rings. The molecule has 1 aliphatic heterocycles. The van der Waals surface area contributed by atoms with Crippen LogP contribution in [0.4, 0.5) is 0 Å². The molecule has 6 nitrogen and oxygen atoms in total. The summed E-state index contributed by atoms with van der Waals surface area (Å²) < 4.78 is 0. The molecule has 1 heterocycles. The van der Waals surface area contributed by atoms with Crippen molar-refractivity contribution in [2.45, 2.75) is 52.1 Å². The second kappa shape index (κ2) is 13.1. The highest BCUT2D eigenvalue weighted by atomic mass is 16.2. The third-order valence-corrected chi connectivity index (χ3v) is 3.69. The Kier molecular flexibility index (Phi) is 12.0. The molecular weight excluding hydrogens is 318 g/mol. The maximum absolute atomic E-state index is 11.4. The van der Waals surface area contributed by atoms with E-state index >= 15 is 0 Å². The van der Waals surface area contributed by atoms with E-state index < -0.39 is 6.04 Å². The van der Waals surface area contributed by atoms with E-state index in [-0.39, 0.29) is 23.2 Å². The summed E-state index contributed by atoms with van der Waals surface area (Å²) in [6, 6.07) is -0.0656. The van der Waals surface area contributed by atoms with Gasteiger partial charge in [0.1, 0.15) is 0 Å². The predicted octanol–water partition coefficient (Wildman–Crippen LogP) is 1.64. The first-order chi connectivity index (χ1) is 11.8. The molecular formula is C19H31N3O3. The van der Waals surface area contributed by atoms with Crippen LogP contribution in [0.3, 0.4) is 0 Å². The Morgan fingerprint density at radius 1 is 1.24 bits per heavy atom. The van der Waals surface area contributed by atoms with Crippen LogP contribution in [0.1, 0.15) is 40.0 Å². The van der Waals surface area contributed by atoms with Gasteiger partial charge in [0.05, 0.1) is 6.04 Å². The highest BCUT2D eigenvalue weighted by Gasteiger charge is 2.15. The summed E-state index contributed by atoms with van der Waals surface area (Å²) in [4.78, 5) is 33.2. The van der Waals surface area contributed by atoms with Crippen LogP contribution in [0.15, 0.2) is 37.0 Å². The summed E-state index contributed by atoms with van der Waals surface area (Å²) in [7, 11) is 0. The third-order valence-electron chi connectivity index (χ3n) is 3.69. The van der Waals surface area contributed by atoms with Gasteiger partial charge < -0.3 is 16.0 Å². The zero-order chi connectivity index (χ0) is 19.2. The minimum absolute atomic E-state index is 0.0710. The van der Waals surface area contributed by atoms with Gasteiger partial charge >= 0.3 is 0 Å². The molecule has 1 atom stereocenters. The van der Waals surface area contributed by atoms with Crippen molar-refractivity contribution < 1.29 is 14.4 Å². The Balaban J connectivity index is 0.000000496. The number of allylic oxidation sites excluding steroid dienone is 1. The molecule has 0 bridgehead atoms. The molecule has 1 fully saturated rings. The summed E-state index contributed by atoms with van der Waals surface area (Å²) in [6.07, 6.45) is 7.68. The summed E-state index contributed by atoms with van der Waals surface area (Å²) in [6.45, 7) is 13.9. The lowest BCUT2D eigenvalue weighted by molar-refractivity contribution is -0.124. The van der Waals surface area contributed by atoms with Crippen molar-refractivity contribution in [2.75, 3.05) is 13.1 Å². The van der Waals surface area contributed by atoms with Crippen LogP contribution >= 0.6 is 0 Å². The summed E-state index contributed by atoms with van der Waals surface area (Å²) in [5, 5.41) is 8.73. The molecule has 0 saturated carbocycles. The van der Waals surface area contributed by atoms with Crippen molar-refractivity contribution in [3.8, 4) is 0 Å². The van der Waals surface area contributed by atoms with E-state index in [0.717, 1.165) is 25.9 Å². The van der Waals surface area contributed by atoms with Gasteiger partial charge in [0.2, 0.25) is 5.91 Å². The van der Waals surface area contributed by atoms with Gasteiger partial charge in [-0.2, -0.15) is 0 Å². The Hall–Kier alpha value is -2.21. The van der Waals surface area contributed by atoms with Crippen LogP contribution in [-0.4, -0.2) is 42.8 Å². The monoisotopic (exact) mass is 349 g/mol. The fourth-order valence-corrected chi connectivity index (χ4v) is 2.20. The van der Waals surface area contributed by atoms with Crippen LogP contribution < -0.4 is 16.0 Å². The summed E-state index contributed by atoms with van der Waals surface area (Å²) in [5.74, 6) is -0.333. The Bertz CT molecular complexity index is 506. The third kappa shape index (κ3) is 11.1. The SMILES string of the molecule is C=CC(=C)C(=O)NC(C/C=C\C)C(C)=O.CC(=O)NC1CCNCC1. The van der Waals surface area contributed by atoms with E-state index in [2.05, 4.69) is 29.1 Å². The maximum Gasteiger partial charge on any atom is 0.251 e. The largest absolute Gasteiger partial charge is 0.354 e. The minimum Gasteiger partial charge on any atom is -0.354 e. The first-order valence-corrected chi connectivity index (χ1v) is 8.53. The molecule has 0 aliphatic carbocycles. The van der Waals surface area contributed by atoms with Gasteiger partial charge in [-0.15, -0.1) is 0 Å². The van der Waals surface area contributed by atoms with Gasteiger partial charge in [-0.05, 0) is 46.2 Å². The smallest absolute Gasteiger partial charge is 0.251 e. The highest BCUT2D eigenvalue weighted by Crippen LogP contribution is 2.01. The van der Waals surface area contributed by atoms with Crippen LogP contribution in [0.25, 0.3) is 0 Å². The number of hydrogen-bond acceptors (Lipinski definition) is 4. The number of amides is 2. The van der Waals surface area contributed by atoms with E-state index in [1.54, 1.807) is 6.92 Å². The van der Waals surface area contributed by atoms with Crippen LogP contribution in [0.2, 0.25) is 0 Å². The topological polar surface area (TPSA) is 87.3 Å². The fraction of sp³-hybridized carbons (Fsp3) is 0.526. The van der Waals surface area contributed by atoms with Gasteiger partial charge in [-0.1, -0.05) is 31.4 Å². The number of piperidine rings is 1. The van der Waals surface area contributed by atoms with E-state index in [4.69, 9.17) is 0 Å². The molecule has 1 unspecified atom stereocenters. The van der Waals surface area contributed by atoms with Crippen molar-refractivity contribution in [2.24, 2.45) is 0 Å².